The Labute approximate surface area is 205 Å². The van der Waals surface area contributed by atoms with Gasteiger partial charge in [0.05, 0.1) is 30.8 Å². The van der Waals surface area contributed by atoms with Crippen LogP contribution in [0, 0.1) is 0 Å². The topological polar surface area (TPSA) is 60.1 Å². The highest BCUT2D eigenvalue weighted by Gasteiger charge is 2.19. The van der Waals surface area contributed by atoms with E-state index in [1.807, 2.05) is 54.6 Å². The number of carbonyl (C=O) groups excluding carboxylic acids is 1. The lowest BCUT2D eigenvalue weighted by Gasteiger charge is -2.22. The Morgan fingerprint density at radius 1 is 0.886 bits per heavy atom. The van der Waals surface area contributed by atoms with Crippen LogP contribution in [0.4, 0.5) is 0 Å². The van der Waals surface area contributed by atoms with Gasteiger partial charge in [-0.1, -0.05) is 78.9 Å². The van der Waals surface area contributed by atoms with E-state index in [-0.39, 0.29) is 5.91 Å². The molecular weight excluding hydrogens is 436 g/mol. The van der Waals surface area contributed by atoms with Crippen LogP contribution in [0.3, 0.4) is 0 Å². The number of carbonyl (C=O) groups is 1. The minimum absolute atomic E-state index is 0.0924. The zero-order valence-corrected chi connectivity index (χ0v) is 19.6. The monoisotopic (exact) mass is 465 g/mol. The molecule has 5 rings (SSSR count). The van der Waals surface area contributed by atoms with Crippen molar-refractivity contribution in [3.05, 3.63) is 103 Å². The largest absolute Gasteiger partial charge is 0.370 e. The standard InChI is InChI=1S/C29H28N4O2/c34-28(22-32-16-18-35-19-17-32)31-30-21-25-20-27(23-10-4-1-5-11-23)33(26-14-8-3-9-15-26)29(25)24-12-6-2-7-13-24/h1-15,20-21H,16-19,22H2,(H,31,34)/p+1/b30-21-. The Hall–Kier alpha value is -4.00. The summed E-state index contributed by atoms with van der Waals surface area (Å²) in [6.45, 7) is 3.47. The van der Waals surface area contributed by atoms with Gasteiger partial charge in [0, 0.05) is 11.3 Å². The minimum atomic E-state index is -0.0924. The molecule has 4 aromatic rings. The number of quaternary nitrogens is 1. The van der Waals surface area contributed by atoms with Crippen molar-refractivity contribution in [2.24, 2.45) is 5.10 Å². The number of hydrogen-bond acceptors (Lipinski definition) is 3. The molecule has 0 bridgehead atoms. The number of para-hydroxylation sites is 1. The predicted octanol–water partition coefficient (Wildman–Crippen LogP) is 3.18. The van der Waals surface area contributed by atoms with Crippen LogP contribution < -0.4 is 10.3 Å². The van der Waals surface area contributed by atoms with Gasteiger partial charge in [-0.3, -0.25) is 4.79 Å². The molecular formula is C29H29N4O2+. The third-order valence-corrected chi connectivity index (χ3v) is 6.16. The second kappa shape index (κ2) is 11.0. The van der Waals surface area contributed by atoms with Crippen molar-refractivity contribution >= 4 is 12.1 Å². The van der Waals surface area contributed by atoms with E-state index in [0.717, 1.165) is 46.9 Å². The first-order valence-corrected chi connectivity index (χ1v) is 11.9. The Balaban J connectivity index is 1.53. The fourth-order valence-corrected chi connectivity index (χ4v) is 4.46. The zero-order chi connectivity index (χ0) is 23.9. The molecule has 0 aliphatic carbocycles. The Morgan fingerprint density at radius 2 is 1.49 bits per heavy atom. The van der Waals surface area contributed by atoms with Crippen LogP contribution in [-0.2, 0) is 9.53 Å². The molecule has 176 valence electrons. The summed E-state index contributed by atoms with van der Waals surface area (Å²) in [4.78, 5) is 13.7. The number of hydrazone groups is 1. The summed E-state index contributed by atoms with van der Waals surface area (Å²) in [6, 6.07) is 33.0. The normalized spacial score (nSPS) is 14.3. The molecule has 3 aromatic carbocycles. The van der Waals surface area contributed by atoms with E-state index in [4.69, 9.17) is 4.74 Å². The summed E-state index contributed by atoms with van der Waals surface area (Å²) in [5.41, 5.74) is 8.97. The van der Waals surface area contributed by atoms with Crippen LogP contribution in [0.1, 0.15) is 5.56 Å². The molecule has 1 aliphatic rings. The molecule has 1 saturated heterocycles. The third-order valence-electron chi connectivity index (χ3n) is 6.16. The summed E-state index contributed by atoms with van der Waals surface area (Å²) in [5.74, 6) is -0.0924. The first-order chi connectivity index (χ1) is 17.3. The highest BCUT2D eigenvalue weighted by Crippen LogP contribution is 2.35. The molecule has 1 aromatic heterocycles. The van der Waals surface area contributed by atoms with E-state index in [1.54, 1.807) is 6.21 Å². The van der Waals surface area contributed by atoms with Gasteiger partial charge in [0.1, 0.15) is 13.1 Å². The van der Waals surface area contributed by atoms with Gasteiger partial charge in [-0.2, -0.15) is 5.10 Å². The Kier molecular flexibility index (Phi) is 7.13. The van der Waals surface area contributed by atoms with Crippen molar-refractivity contribution in [3.8, 4) is 28.2 Å². The second-order valence-corrected chi connectivity index (χ2v) is 8.57. The number of morpholine rings is 1. The van der Waals surface area contributed by atoms with E-state index < -0.39 is 0 Å². The maximum atomic E-state index is 12.5. The number of nitrogens with one attached hydrogen (secondary N) is 2. The number of ether oxygens (including phenoxy) is 1. The second-order valence-electron chi connectivity index (χ2n) is 8.57. The van der Waals surface area contributed by atoms with E-state index >= 15 is 0 Å². The summed E-state index contributed by atoms with van der Waals surface area (Å²) in [6.07, 6.45) is 1.75. The van der Waals surface area contributed by atoms with E-state index in [2.05, 4.69) is 57.6 Å². The molecule has 1 aliphatic heterocycles. The van der Waals surface area contributed by atoms with Crippen molar-refractivity contribution in [2.75, 3.05) is 32.8 Å². The van der Waals surface area contributed by atoms with Gasteiger partial charge in [-0.25, -0.2) is 5.43 Å². The van der Waals surface area contributed by atoms with Gasteiger partial charge in [0.2, 0.25) is 0 Å². The number of benzene rings is 3. The number of aromatic nitrogens is 1. The Bertz CT molecular complexity index is 1280. The van der Waals surface area contributed by atoms with Crippen molar-refractivity contribution in [3.63, 3.8) is 0 Å². The molecule has 6 nitrogen and oxygen atoms in total. The molecule has 1 amide bonds. The Morgan fingerprint density at radius 3 is 2.14 bits per heavy atom. The van der Waals surface area contributed by atoms with Crippen molar-refractivity contribution in [1.82, 2.24) is 9.99 Å². The van der Waals surface area contributed by atoms with Crippen LogP contribution in [0.25, 0.3) is 28.2 Å². The lowest BCUT2D eigenvalue weighted by atomic mass is 10.1. The van der Waals surface area contributed by atoms with Crippen LogP contribution in [0.15, 0.2) is 102 Å². The molecule has 0 atom stereocenters. The molecule has 0 radical (unpaired) electrons. The van der Waals surface area contributed by atoms with Crippen LogP contribution in [0.5, 0.6) is 0 Å². The first-order valence-electron chi connectivity index (χ1n) is 11.9. The number of hydrogen-bond donors (Lipinski definition) is 2. The van der Waals surface area contributed by atoms with Gasteiger partial charge in [-0.05, 0) is 29.3 Å². The van der Waals surface area contributed by atoms with Gasteiger partial charge in [0.15, 0.2) is 6.54 Å². The molecule has 1 fully saturated rings. The predicted molar refractivity (Wildman–Crippen MR) is 139 cm³/mol. The quantitative estimate of drug-likeness (QED) is 0.325. The molecule has 0 spiro atoms. The summed E-state index contributed by atoms with van der Waals surface area (Å²) in [5, 5.41) is 4.35. The van der Waals surface area contributed by atoms with Crippen LogP contribution in [0.2, 0.25) is 0 Å². The average molecular weight is 466 g/mol. The number of nitrogens with zero attached hydrogens (tertiary/aromatic N) is 2. The average Bonchev–Trinajstić information content (AvgIpc) is 3.30. The van der Waals surface area contributed by atoms with Crippen molar-refractivity contribution in [1.29, 1.82) is 0 Å². The first kappa shape index (κ1) is 22.8. The van der Waals surface area contributed by atoms with Gasteiger partial charge in [0.25, 0.3) is 5.91 Å². The minimum Gasteiger partial charge on any atom is -0.370 e. The van der Waals surface area contributed by atoms with Gasteiger partial charge < -0.3 is 14.2 Å². The van der Waals surface area contributed by atoms with Gasteiger partial charge in [-0.15, -0.1) is 0 Å². The molecule has 35 heavy (non-hydrogen) atoms. The lowest BCUT2D eigenvalue weighted by Crippen LogP contribution is -3.15. The zero-order valence-electron chi connectivity index (χ0n) is 19.6. The van der Waals surface area contributed by atoms with E-state index in [0.29, 0.717) is 19.8 Å². The summed E-state index contributed by atoms with van der Waals surface area (Å²) in [7, 11) is 0. The maximum Gasteiger partial charge on any atom is 0.295 e. The SMILES string of the molecule is O=C(C[NH+]1CCOCC1)N/N=C\c1cc(-c2ccccc2)n(-c2ccccc2)c1-c1ccccc1. The van der Waals surface area contributed by atoms with Gasteiger partial charge >= 0.3 is 0 Å². The highest BCUT2D eigenvalue weighted by atomic mass is 16.5. The highest BCUT2D eigenvalue weighted by molar-refractivity contribution is 5.94. The smallest absolute Gasteiger partial charge is 0.295 e. The fraction of sp³-hybridized carbons (Fsp3) is 0.172. The van der Waals surface area contributed by atoms with Crippen molar-refractivity contribution in [2.45, 2.75) is 0 Å². The number of rotatable bonds is 7. The van der Waals surface area contributed by atoms with Crippen molar-refractivity contribution < 1.29 is 14.4 Å². The maximum absolute atomic E-state index is 12.5. The summed E-state index contributed by atoms with van der Waals surface area (Å²) < 4.78 is 7.63. The lowest BCUT2D eigenvalue weighted by molar-refractivity contribution is -0.900. The molecule has 6 heteroatoms. The molecule has 2 heterocycles. The number of amides is 1. The molecule has 0 saturated carbocycles. The van der Waals surface area contributed by atoms with Crippen LogP contribution >= 0.6 is 0 Å². The molecule has 0 unspecified atom stereocenters. The fourth-order valence-electron chi connectivity index (χ4n) is 4.46. The van der Waals surface area contributed by atoms with E-state index in [1.165, 1.54) is 4.90 Å². The summed E-state index contributed by atoms with van der Waals surface area (Å²) >= 11 is 0. The van der Waals surface area contributed by atoms with Crippen LogP contribution in [-0.4, -0.2) is 49.5 Å². The van der Waals surface area contributed by atoms with E-state index in [9.17, 15) is 4.79 Å². The third kappa shape index (κ3) is 5.40. The molecule has 2 N–H and O–H groups in total.